The van der Waals surface area contributed by atoms with E-state index in [2.05, 4.69) is 28.9 Å². The van der Waals surface area contributed by atoms with Crippen LogP contribution in [0.3, 0.4) is 0 Å². The quantitative estimate of drug-likeness (QED) is 0.418. The molecular formula is C23H21FN2OS. The molecule has 3 aromatic carbocycles. The first kappa shape index (κ1) is 18.6. The summed E-state index contributed by atoms with van der Waals surface area (Å²) in [6, 6.07) is 20.8. The highest BCUT2D eigenvalue weighted by atomic mass is 32.2. The van der Waals surface area contributed by atoms with Crippen molar-refractivity contribution in [3.8, 4) is 0 Å². The van der Waals surface area contributed by atoms with E-state index in [1.54, 1.807) is 25.1 Å². The molecule has 0 unspecified atom stereocenters. The van der Waals surface area contributed by atoms with Crippen LogP contribution in [0.4, 0.5) is 10.1 Å². The van der Waals surface area contributed by atoms with E-state index in [-0.39, 0.29) is 11.7 Å². The monoisotopic (exact) mass is 392 g/mol. The van der Waals surface area contributed by atoms with E-state index in [4.69, 9.17) is 0 Å². The summed E-state index contributed by atoms with van der Waals surface area (Å²) in [5, 5.41) is 4.85. The highest BCUT2D eigenvalue weighted by molar-refractivity contribution is 8.00. The molecule has 0 aliphatic carbocycles. The lowest BCUT2D eigenvalue weighted by molar-refractivity contribution is -0.115. The highest BCUT2D eigenvalue weighted by Crippen LogP contribution is 2.32. The molecule has 1 atom stereocenters. The maximum Gasteiger partial charge on any atom is 0.237 e. The summed E-state index contributed by atoms with van der Waals surface area (Å²) < 4.78 is 16.1. The van der Waals surface area contributed by atoms with Crippen molar-refractivity contribution < 1.29 is 9.18 Å². The molecule has 0 spiro atoms. The number of thioether (sulfide) groups is 1. The molecule has 0 fully saturated rings. The standard InChI is InChI=1S/C23H21FN2OS/c1-3-26-20-10-6-4-8-17(20)18-14-16(12-13-21(18)26)25-23(27)15(2)28-22-11-7-5-9-19(22)24/h4-15H,3H2,1-2H3,(H,25,27)/t15-/m1/s1. The summed E-state index contributed by atoms with van der Waals surface area (Å²) in [7, 11) is 0. The second-order valence-electron chi connectivity index (χ2n) is 6.67. The molecule has 28 heavy (non-hydrogen) atoms. The zero-order valence-corrected chi connectivity index (χ0v) is 16.6. The molecule has 0 saturated carbocycles. The van der Waals surface area contributed by atoms with Crippen molar-refractivity contribution in [2.24, 2.45) is 0 Å². The Kier molecular flexibility index (Phi) is 5.09. The summed E-state index contributed by atoms with van der Waals surface area (Å²) in [5.74, 6) is -0.451. The minimum Gasteiger partial charge on any atom is -0.341 e. The van der Waals surface area contributed by atoms with Crippen LogP contribution in [0.25, 0.3) is 21.8 Å². The number of nitrogens with one attached hydrogen (secondary N) is 1. The highest BCUT2D eigenvalue weighted by Gasteiger charge is 2.17. The van der Waals surface area contributed by atoms with Gasteiger partial charge in [-0.05, 0) is 50.2 Å². The third kappa shape index (κ3) is 3.38. The Bertz CT molecular complexity index is 1170. The molecule has 4 aromatic rings. The fourth-order valence-corrected chi connectivity index (χ4v) is 4.38. The van der Waals surface area contributed by atoms with E-state index >= 15 is 0 Å². The summed E-state index contributed by atoms with van der Waals surface area (Å²) in [4.78, 5) is 13.1. The van der Waals surface area contributed by atoms with Crippen LogP contribution in [-0.4, -0.2) is 15.7 Å². The van der Waals surface area contributed by atoms with Gasteiger partial charge in [-0.2, -0.15) is 0 Å². The van der Waals surface area contributed by atoms with Crippen LogP contribution < -0.4 is 5.32 Å². The van der Waals surface area contributed by atoms with Crippen molar-refractivity contribution in [3.05, 3.63) is 72.5 Å². The summed E-state index contributed by atoms with van der Waals surface area (Å²) in [6.45, 7) is 4.79. The number of para-hydroxylation sites is 1. The van der Waals surface area contributed by atoms with Crippen LogP contribution in [0.1, 0.15) is 13.8 Å². The number of amides is 1. The summed E-state index contributed by atoms with van der Waals surface area (Å²) >= 11 is 1.22. The zero-order valence-electron chi connectivity index (χ0n) is 15.8. The smallest absolute Gasteiger partial charge is 0.237 e. The largest absolute Gasteiger partial charge is 0.341 e. The molecule has 1 amide bonds. The number of hydrogen-bond acceptors (Lipinski definition) is 2. The Morgan fingerprint density at radius 1 is 1.04 bits per heavy atom. The molecule has 1 heterocycles. The van der Waals surface area contributed by atoms with Gasteiger partial charge in [0.1, 0.15) is 5.82 Å². The van der Waals surface area contributed by atoms with Gasteiger partial charge in [-0.25, -0.2) is 4.39 Å². The fourth-order valence-electron chi connectivity index (χ4n) is 3.50. The molecule has 0 aliphatic rings. The molecule has 1 N–H and O–H groups in total. The Hall–Kier alpha value is -2.79. The molecule has 0 saturated heterocycles. The van der Waals surface area contributed by atoms with Crippen LogP contribution in [-0.2, 0) is 11.3 Å². The minimum absolute atomic E-state index is 0.146. The van der Waals surface area contributed by atoms with Crippen LogP contribution in [0.15, 0.2) is 71.6 Å². The second kappa shape index (κ2) is 7.68. The van der Waals surface area contributed by atoms with Gasteiger partial charge < -0.3 is 9.88 Å². The van der Waals surface area contributed by atoms with Crippen LogP contribution in [0, 0.1) is 5.82 Å². The van der Waals surface area contributed by atoms with Gasteiger partial charge in [0.15, 0.2) is 0 Å². The van der Waals surface area contributed by atoms with Gasteiger partial charge in [0, 0.05) is 38.9 Å². The number of aryl methyl sites for hydroxylation is 1. The topological polar surface area (TPSA) is 34.0 Å². The minimum atomic E-state index is -0.412. The maximum atomic E-state index is 13.8. The lowest BCUT2D eigenvalue weighted by atomic mass is 10.1. The van der Waals surface area contributed by atoms with Gasteiger partial charge in [0.05, 0.1) is 5.25 Å². The van der Waals surface area contributed by atoms with E-state index in [1.807, 2.05) is 30.3 Å². The lowest BCUT2D eigenvalue weighted by Crippen LogP contribution is -2.22. The van der Waals surface area contributed by atoms with Crippen molar-refractivity contribution in [1.29, 1.82) is 0 Å². The second-order valence-corrected chi connectivity index (χ2v) is 8.06. The third-order valence-corrected chi connectivity index (χ3v) is 6.02. The molecule has 142 valence electrons. The summed E-state index contributed by atoms with van der Waals surface area (Å²) in [6.07, 6.45) is 0. The normalized spacial score (nSPS) is 12.4. The van der Waals surface area contributed by atoms with Gasteiger partial charge in [-0.1, -0.05) is 30.3 Å². The predicted octanol–water partition coefficient (Wildman–Crippen LogP) is 6.07. The lowest BCUT2D eigenvalue weighted by Gasteiger charge is -2.13. The Morgan fingerprint density at radius 2 is 1.75 bits per heavy atom. The van der Waals surface area contributed by atoms with E-state index in [0.717, 1.165) is 23.1 Å². The first-order valence-electron chi connectivity index (χ1n) is 9.31. The van der Waals surface area contributed by atoms with Crippen molar-refractivity contribution in [2.75, 3.05) is 5.32 Å². The van der Waals surface area contributed by atoms with Crippen molar-refractivity contribution >= 4 is 45.2 Å². The number of aromatic nitrogens is 1. The van der Waals surface area contributed by atoms with E-state index in [9.17, 15) is 9.18 Å². The molecule has 0 radical (unpaired) electrons. The zero-order chi connectivity index (χ0) is 19.7. The van der Waals surface area contributed by atoms with Gasteiger partial charge in [0.2, 0.25) is 5.91 Å². The number of benzene rings is 3. The predicted molar refractivity (Wildman–Crippen MR) is 115 cm³/mol. The number of halogens is 1. The molecule has 5 heteroatoms. The number of anilines is 1. The van der Waals surface area contributed by atoms with Gasteiger partial charge >= 0.3 is 0 Å². The van der Waals surface area contributed by atoms with E-state index < -0.39 is 5.25 Å². The summed E-state index contributed by atoms with van der Waals surface area (Å²) in [5.41, 5.74) is 3.08. The van der Waals surface area contributed by atoms with E-state index in [1.165, 1.54) is 28.7 Å². The van der Waals surface area contributed by atoms with Crippen LogP contribution in [0.5, 0.6) is 0 Å². The number of fused-ring (bicyclic) bond motifs is 3. The maximum absolute atomic E-state index is 13.8. The molecule has 3 nitrogen and oxygen atoms in total. The molecule has 4 rings (SSSR count). The van der Waals surface area contributed by atoms with Gasteiger partial charge in [-0.3, -0.25) is 4.79 Å². The Balaban J connectivity index is 1.60. The van der Waals surface area contributed by atoms with Crippen molar-refractivity contribution in [2.45, 2.75) is 30.5 Å². The Morgan fingerprint density at radius 3 is 2.54 bits per heavy atom. The first-order chi connectivity index (χ1) is 13.6. The van der Waals surface area contributed by atoms with Crippen LogP contribution >= 0.6 is 11.8 Å². The fraction of sp³-hybridized carbons (Fsp3) is 0.174. The van der Waals surface area contributed by atoms with Crippen molar-refractivity contribution in [3.63, 3.8) is 0 Å². The number of nitrogens with zero attached hydrogens (tertiary/aromatic N) is 1. The molecule has 0 aliphatic heterocycles. The average molecular weight is 392 g/mol. The SMILES string of the molecule is CCn1c2ccccc2c2cc(NC(=O)[C@@H](C)Sc3ccccc3F)ccc21. The van der Waals surface area contributed by atoms with Crippen molar-refractivity contribution in [1.82, 2.24) is 4.57 Å². The van der Waals surface area contributed by atoms with Crippen LogP contribution in [0.2, 0.25) is 0 Å². The van der Waals surface area contributed by atoms with Gasteiger partial charge in [-0.15, -0.1) is 11.8 Å². The molecular weight excluding hydrogens is 371 g/mol. The number of carbonyl (C=O) groups excluding carboxylic acids is 1. The number of rotatable bonds is 5. The molecule has 1 aromatic heterocycles. The average Bonchev–Trinajstić information content (AvgIpc) is 3.02. The van der Waals surface area contributed by atoms with E-state index in [0.29, 0.717) is 4.90 Å². The Labute approximate surface area is 167 Å². The number of carbonyl (C=O) groups is 1. The molecule has 0 bridgehead atoms. The first-order valence-corrected chi connectivity index (χ1v) is 10.2. The third-order valence-electron chi connectivity index (χ3n) is 4.87. The van der Waals surface area contributed by atoms with Gasteiger partial charge in [0.25, 0.3) is 0 Å². The number of hydrogen-bond donors (Lipinski definition) is 1.